The SMILES string of the molecule is CC[C@H](C1=NN2C(=N)/C(=C\c3cccn3-c3ccc(OC)cc3)C(=O)N=C2S1)c1ccccc1. The van der Waals surface area contributed by atoms with Crippen molar-refractivity contribution in [1.29, 1.82) is 5.41 Å². The highest BCUT2D eigenvalue weighted by Gasteiger charge is 2.37. The molecule has 2 aromatic carbocycles. The fourth-order valence-electron chi connectivity index (χ4n) is 4.02. The zero-order chi connectivity index (χ0) is 23.7. The van der Waals surface area contributed by atoms with Gasteiger partial charge in [-0.3, -0.25) is 10.2 Å². The van der Waals surface area contributed by atoms with Crippen LogP contribution in [0.5, 0.6) is 5.75 Å². The minimum Gasteiger partial charge on any atom is -0.497 e. The highest BCUT2D eigenvalue weighted by molar-refractivity contribution is 8.27. The summed E-state index contributed by atoms with van der Waals surface area (Å²) >= 11 is 1.36. The van der Waals surface area contributed by atoms with Crippen LogP contribution in [0, 0.1) is 5.41 Å². The summed E-state index contributed by atoms with van der Waals surface area (Å²) in [6.45, 7) is 2.11. The summed E-state index contributed by atoms with van der Waals surface area (Å²) in [6.07, 6.45) is 4.46. The van der Waals surface area contributed by atoms with E-state index >= 15 is 0 Å². The summed E-state index contributed by atoms with van der Waals surface area (Å²) in [6, 6.07) is 21.6. The van der Waals surface area contributed by atoms with Gasteiger partial charge in [-0.15, -0.1) is 0 Å². The Morgan fingerprint density at radius 1 is 1.09 bits per heavy atom. The monoisotopic (exact) mass is 469 g/mol. The van der Waals surface area contributed by atoms with E-state index in [1.54, 1.807) is 13.2 Å². The molecular formula is C26H23N5O2S. The minimum atomic E-state index is -0.435. The number of ether oxygens (including phenoxy) is 1. The molecule has 1 atom stereocenters. The highest BCUT2D eigenvalue weighted by atomic mass is 32.2. The van der Waals surface area contributed by atoms with Gasteiger partial charge in [-0.25, -0.2) is 0 Å². The number of hydrogen-bond donors (Lipinski definition) is 1. The molecule has 2 aliphatic rings. The van der Waals surface area contributed by atoms with Crippen molar-refractivity contribution in [2.45, 2.75) is 19.3 Å². The van der Waals surface area contributed by atoms with Crippen LogP contribution in [-0.2, 0) is 4.79 Å². The van der Waals surface area contributed by atoms with Gasteiger partial charge in [0.2, 0.25) is 5.17 Å². The molecule has 7 nitrogen and oxygen atoms in total. The first kappa shape index (κ1) is 21.9. The zero-order valence-corrected chi connectivity index (χ0v) is 19.6. The van der Waals surface area contributed by atoms with E-state index in [0.717, 1.165) is 34.2 Å². The average Bonchev–Trinajstić information content (AvgIpc) is 3.50. The summed E-state index contributed by atoms with van der Waals surface area (Å²) in [5, 5.41) is 16.2. The molecule has 0 unspecified atom stereocenters. The Balaban J connectivity index is 1.46. The molecule has 5 rings (SSSR count). The number of methoxy groups -OCH3 is 1. The van der Waals surface area contributed by atoms with Gasteiger partial charge < -0.3 is 9.30 Å². The number of nitrogens with one attached hydrogen (secondary N) is 1. The van der Waals surface area contributed by atoms with E-state index in [2.05, 4.69) is 24.0 Å². The van der Waals surface area contributed by atoms with Crippen molar-refractivity contribution in [3.8, 4) is 11.4 Å². The van der Waals surface area contributed by atoms with Crippen molar-refractivity contribution in [2.75, 3.05) is 7.11 Å². The topological polar surface area (TPSA) is 83.0 Å². The summed E-state index contributed by atoms with van der Waals surface area (Å²) in [4.78, 5) is 17.2. The fourth-order valence-corrected chi connectivity index (χ4v) is 5.13. The molecule has 1 amide bonds. The second kappa shape index (κ2) is 9.15. The van der Waals surface area contributed by atoms with Crippen molar-refractivity contribution < 1.29 is 9.53 Å². The van der Waals surface area contributed by atoms with Crippen molar-refractivity contribution in [3.05, 3.63) is 89.8 Å². The summed E-state index contributed by atoms with van der Waals surface area (Å²) in [7, 11) is 1.63. The number of carbonyl (C=O) groups is 1. The molecule has 34 heavy (non-hydrogen) atoms. The molecule has 0 spiro atoms. The van der Waals surface area contributed by atoms with Gasteiger partial charge in [0, 0.05) is 23.5 Å². The van der Waals surface area contributed by atoms with Gasteiger partial charge in [0.1, 0.15) is 10.8 Å². The Kier molecular flexibility index (Phi) is 5.90. The number of amidine groups is 2. The van der Waals surface area contributed by atoms with Gasteiger partial charge in [0.15, 0.2) is 5.84 Å². The molecule has 3 aromatic rings. The molecule has 8 heteroatoms. The first-order chi connectivity index (χ1) is 16.6. The van der Waals surface area contributed by atoms with E-state index in [1.165, 1.54) is 16.8 Å². The van der Waals surface area contributed by atoms with E-state index in [4.69, 9.17) is 15.2 Å². The normalized spacial score (nSPS) is 17.5. The average molecular weight is 470 g/mol. The molecule has 0 aliphatic carbocycles. The van der Waals surface area contributed by atoms with Crippen LogP contribution in [-0.4, -0.2) is 38.6 Å². The predicted molar refractivity (Wildman–Crippen MR) is 137 cm³/mol. The number of benzene rings is 2. The number of carbonyl (C=O) groups excluding carboxylic acids is 1. The third-order valence-corrected chi connectivity index (χ3v) is 6.82. The van der Waals surface area contributed by atoms with E-state index < -0.39 is 5.91 Å². The van der Waals surface area contributed by atoms with Crippen LogP contribution in [0.25, 0.3) is 11.8 Å². The molecule has 1 N–H and O–H groups in total. The van der Waals surface area contributed by atoms with Crippen LogP contribution in [0.2, 0.25) is 0 Å². The first-order valence-electron chi connectivity index (χ1n) is 11.0. The lowest BCUT2D eigenvalue weighted by Crippen LogP contribution is -2.35. The quantitative estimate of drug-likeness (QED) is 0.497. The number of hydrazone groups is 1. The second-order valence-corrected chi connectivity index (χ2v) is 8.82. The van der Waals surface area contributed by atoms with Crippen LogP contribution in [0.1, 0.15) is 30.5 Å². The summed E-state index contributed by atoms with van der Waals surface area (Å²) in [5.41, 5.74) is 3.05. The first-order valence-corrected chi connectivity index (χ1v) is 11.8. The van der Waals surface area contributed by atoms with Gasteiger partial charge in [-0.1, -0.05) is 37.3 Å². The van der Waals surface area contributed by atoms with Crippen molar-refractivity contribution in [1.82, 2.24) is 9.58 Å². The maximum absolute atomic E-state index is 12.9. The molecule has 0 saturated carbocycles. The Morgan fingerprint density at radius 2 is 1.85 bits per heavy atom. The Hall–Kier alpha value is -3.91. The lowest BCUT2D eigenvalue weighted by molar-refractivity contribution is -0.114. The number of rotatable bonds is 6. The van der Waals surface area contributed by atoms with Crippen molar-refractivity contribution in [3.63, 3.8) is 0 Å². The molecule has 2 aliphatic heterocycles. The molecular weight excluding hydrogens is 446 g/mol. The smallest absolute Gasteiger partial charge is 0.283 e. The molecule has 3 heterocycles. The van der Waals surface area contributed by atoms with Crippen molar-refractivity contribution >= 4 is 39.8 Å². The molecule has 0 radical (unpaired) electrons. The van der Waals surface area contributed by atoms with E-state index in [0.29, 0.717) is 5.17 Å². The van der Waals surface area contributed by atoms with Gasteiger partial charge in [0.05, 0.1) is 12.7 Å². The summed E-state index contributed by atoms with van der Waals surface area (Å²) < 4.78 is 7.19. The van der Waals surface area contributed by atoms with Gasteiger partial charge in [0.25, 0.3) is 5.91 Å². The number of amides is 1. The minimum absolute atomic E-state index is 0.0305. The maximum Gasteiger partial charge on any atom is 0.283 e. The molecule has 0 bridgehead atoms. The third kappa shape index (κ3) is 3.97. The number of aromatic nitrogens is 1. The third-order valence-electron chi connectivity index (χ3n) is 5.80. The lowest BCUT2D eigenvalue weighted by Gasteiger charge is -2.20. The number of thioether (sulfide) groups is 1. The van der Waals surface area contributed by atoms with Crippen LogP contribution in [0.15, 0.2) is 88.6 Å². The highest BCUT2D eigenvalue weighted by Crippen LogP contribution is 2.36. The largest absolute Gasteiger partial charge is 0.497 e. The number of nitrogens with zero attached hydrogens (tertiary/aromatic N) is 4. The maximum atomic E-state index is 12.9. The van der Waals surface area contributed by atoms with Crippen LogP contribution in [0.4, 0.5) is 0 Å². The Bertz CT molecular complexity index is 1340. The van der Waals surface area contributed by atoms with Crippen LogP contribution >= 0.6 is 11.8 Å². The number of fused-ring (bicyclic) bond motifs is 1. The fraction of sp³-hybridized carbons (Fsp3) is 0.154. The molecule has 0 fully saturated rings. The lowest BCUT2D eigenvalue weighted by atomic mass is 9.98. The van der Waals surface area contributed by atoms with Gasteiger partial charge >= 0.3 is 0 Å². The van der Waals surface area contributed by atoms with Crippen molar-refractivity contribution in [2.24, 2.45) is 10.1 Å². The Labute approximate surface area is 202 Å². The van der Waals surface area contributed by atoms with E-state index in [9.17, 15) is 4.79 Å². The Morgan fingerprint density at radius 3 is 2.56 bits per heavy atom. The molecule has 1 aromatic heterocycles. The second-order valence-electron chi connectivity index (χ2n) is 7.83. The zero-order valence-electron chi connectivity index (χ0n) is 18.8. The van der Waals surface area contributed by atoms with Gasteiger partial charge in [-0.2, -0.15) is 15.1 Å². The van der Waals surface area contributed by atoms with Crippen LogP contribution in [0.3, 0.4) is 0 Å². The van der Waals surface area contributed by atoms with Crippen LogP contribution < -0.4 is 4.74 Å². The number of hydrogen-bond acceptors (Lipinski definition) is 5. The van der Waals surface area contributed by atoms with E-state index in [1.807, 2.05) is 65.4 Å². The molecule has 0 saturated heterocycles. The standard InChI is InChI=1S/C26H23N5O2S/c1-3-21(17-8-5-4-6-9-17)25-29-31-23(27)22(24(32)28-26(31)34-25)16-19-10-7-15-30(19)18-11-13-20(33-2)14-12-18/h4-16,21,27H,3H2,1-2H3/b22-16+,27-23?/t21-/m0/s1. The molecule has 170 valence electrons. The van der Waals surface area contributed by atoms with E-state index in [-0.39, 0.29) is 17.3 Å². The predicted octanol–water partition coefficient (Wildman–Crippen LogP) is 5.30. The summed E-state index contributed by atoms with van der Waals surface area (Å²) in [5.74, 6) is 0.448. The number of aliphatic imine (C=N–C) groups is 1. The van der Waals surface area contributed by atoms with Gasteiger partial charge in [-0.05, 0) is 66.2 Å².